The molecule has 136 valence electrons. The average molecular weight is 370 g/mol. The Bertz CT molecular complexity index is 773. The lowest BCUT2D eigenvalue weighted by atomic mass is 10.1. The second kappa shape index (κ2) is 8.73. The quantitative estimate of drug-likeness (QED) is 0.459. The van der Waals surface area contributed by atoms with Crippen molar-refractivity contribution in [3.05, 3.63) is 69.8 Å². The maximum absolute atomic E-state index is 10.7. The van der Waals surface area contributed by atoms with Gasteiger partial charge in [0.2, 0.25) is 0 Å². The molecular weight excluding hydrogens is 348 g/mol. The second-order valence-corrected chi connectivity index (χ2v) is 6.77. The molecule has 3 rings (SSSR count). The molecule has 1 aliphatic heterocycles. The summed E-state index contributed by atoms with van der Waals surface area (Å²) in [5, 5.41) is 17.5. The number of rotatable bonds is 6. The summed E-state index contributed by atoms with van der Waals surface area (Å²) in [5.74, 6) is 0. The van der Waals surface area contributed by atoms with Gasteiger partial charge >= 0.3 is 0 Å². The minimum atomic E-state index is -0.419. The number of likely N-dealkylation sites (tertiary alicyclic amines) is 1. The molecule has 0 aromatic heterocycles. The number of nitrogens with zero attached hydrogens (tertiary/aromatic N) is 2. The van der Waals surface area contributed by atoms with Gasteiger partial charge in [-0.2, -0.15) is 0 Å². The van der Waals surface area contributed by atoms with Crippen LogP contribution in [-0.2, 0) is 13.1 Å². The number of benzene rings is 2. The Kier molecular flexibility index (Phi) is 6.14. The highest BCUT2D eigenvalue weighted by Gasteiger charge is 2.13. The maximum Gasteiger partial charge on any atom is 0.269 e. The fourth-order valence-corrected chi connectivity index (χ4v) is 3.27. The van der Waals surface area contributed by atoms with Crippen molar-refractivity contribution in [2.45, 2.75) is 25.9 Å². The SMILES string of the molecule is O=[N+]([O-])c1ccc(NC(=S)NCc2ccccc2CN2CCCC2)cc1. The van der Waals surface area contributed by atoms with Crippen molar-refractivity contribution in [1.82, 2.24) is 10.2 Å². The number of non-ortho nitro benzene ring substituents is 1. The van der Waals surface area contributed by atoms with E-state index in [0.717, 1.165) is 12.2 Å². The summed E-state index contributed by atoms with van der Waals surface area (Å²) in [7, 11) is 0. The molecule has 1 heterocycles. The minimum absolute atomic E-state index is 0.0604. The van der Waals surface area contributed by atoms with E-state index in [0.29, 0.717) is 11.7 Å². The van der Waals surface area contributed by atoms with Gasteiger partial charge in [0, 0.05) is 30.9 Å². The number of anilines is 1. The smallest absolute Gasteiger partial charge is 0.269 e. The summed E-state index contributed by atoms with van der Waals surface area (Å²) in [6.07, 6.45) is 2.56. The van der Waals surface area contributed by atoms with Crippen LogP contribution in [0.25, 0.3) is 0 Å². The molecule has 0 spiro atoms. The Balaban J connectivity index is 1.55. The third-order valence-corrected chi connectivity index (χ3v) is 4.73. The fourth-order valence-electron chi connectivity index (χ4n) is 3.08. The third-order valence-electron chi connectivity index (χ3n) is 4.49. The Morgan fingerprint density at radius 2 is 1.73 bits per heavy atom. The molecule has 0 unspecified atom stereocenters. The second-order valence-electron chi connectivity index (χ2n) is 6.36. The normalized spacial score (nSPS) is 14.2. The predicted octanol–water partition coefficient (Wildman–Crippen LogP) is 3.68. The lowest BCUT2D eigenvalue weighted by Gasteiger charge is -2.18. The van der Waals surface area contributed by atoms with Gasteiger partial charge in [0.15, 0.2) is 5.11 Å². The third kappa shape index (κ3) is 5.00. The molecule has 1 saturated heterocycles. The summed E-state index contributed by atoms with van der Waals surface area (Å²) in [6, 6.07) is 14.6. The highest BCUT2D eigenvalue weighted by atomic mass is 32.1. The van der Waals surface area contributed by atoms with E-state index in [1.165, 1.54) is 49.2 Å². The van der Waals surface area contributed by atoms with E-state index in [1.54, 1.807) is 12.1 Å². The summed E-state index contributed by atoms with van der Waals surface area (Å²) in [5.41, 5.74) is 3.33. The van der Waals surface area contributed by atoms with Gasteiger partial charge in [-0.15, -0.1) is 0 Å². The Hall–Kier alpha value is -2.51. The number of hydrogen-bond acceptors (Lipinski definition) is 4. The summed E-state index contributed by atoms with van der Waals surface area (Å²) in [6.45, 7) is 3.95. The van der Waals surface area contributed by atoms with Crippen LogP contribution in [0.3, 0.4) is 0 Å². The Morgan fingerprint density at radius 3 is 2.38 bits per heavy atom. The van der Waals surface area contributed by atoms with Crippen molar-refractivity contribution in [1.29, 1.82) is 0 Å². The molecular formula is C19H22N4O2S. The molecule has 2 N–H and O–H groups in total. The van der Waals surface area contributed by atoms with Crippen LogP contribution in [0.1, 0.15) is 24.0 Å². The first-order chi connectivity index (χ1) is 12.6. The van der Waals surface area contributed by atoms with Crippen molar-refractivity contribution in [3.8, 4) is 0 Å². The first-order valence-corrected chi connectivity index (χ1v) is 9.11. The van der Waals surface area contributed by atoms with E-state index in [1.807, 2.05) is 6.07 Å². The Labute approximate surface area is 158 Å². The zero-order chi connectivity index (χ0) is 18.4. The van der Waals surface area contributed by atoms with Crippen molar-refractivity contribution in [3.63, 3.8) is 0 Å². The van der Waals surface area contributed by atoms with Gasteiger partial charge in [0.1, 0.15) is 0 Å². The van der Waals surface area contributed by atoms with Crippen LogP contribution in [-0.4, -0.2) is 28.0 Å². The topological polar surface area (TPSA) is 70.4 Å². The van der Waals surface area contributed by atoms with E-state index in [-0.39, 0.29) is 5.69 Å². The van der Waals surface area contributed by atoms with Gasteiger partial charge in [-0.25, -0.2) is 0 Å². The molecule has 26 heavy (non-hydrogen) atoms. The van der Waals surface area contributed by atoms with Crippen molar-refractivity contribution in [2.75, 3.05) is 18.4 Å². The van der Waals surface area contributed by atoms with E-state index < -0.39 is 4.92 Å². The van der Waals surface area contributed by atoms with Crippen LogP contribution in [0.5, 0.6) is 0 Å². The predicted molar refractivity (Wildman–Crippen MR) is 107 cm³/mol. The monoisotopic (exact) mass is 370 g/mol. The van der Waals surface area contributed by atoms with Crippen LogP contribution >= 0.6 is 12.2 Å². The number of nitrogens with one attached hydrogen (secondary N) is 2. The van der Waals surface area contributed by atoms with Crippen molar-refractivity contribution in [2.24, 2.45) is 0 Å². The lowest BCUT2D eigenvalue weighted by molar-refractivity contribution is -0.384. The standard InChI is InChI=1S/C19H22N4O2S/c24-23(25)18-9-7-17(8-10-18)21-19(26)20-13-15-5-1-2-6-16(15)14-22-11-3-4-12-22/h1-2,5-10H,3-4,11-14H2,(H2,20,21,26). The van der Waals surface area contributed by atoms with Gasteiger partial charge in [-0.3, -0.25) is 15.0 Å². The minimum Gasteiger partial charge on any atom is -0.358 e. The van der Waals surface area contributed by atoms with Gasteiger partial charge in [0.25, 0.3) is 5.69 Å². The lowest BCUT2D eigenvalue weighted by Crippen LogP contribution is -2.28. The van der Waals surface area contributed by atoms with Gasteiger partial charge in [-0.1, -0.05) is 24.3 Å². The van der Waals surface area contributed by atoms with Crippen LogP contribution in [0.15, 0.2) is 48.5 Å². The first kappa shape index (κ1) is 18.3. The molecule has 2 aromatic rings. The molecule has 2 aromatic carbocycles. The van der Waals surface area contributed by atoms with E-state index >= 15 is 0 Å². The van der Waals surface area contributed by atoms with E-state index in [4.69, 9.17) is 12.2 Å². The molecule has 0 atom stereocenters. The highest BCUT2D eigenvalue weighted by Crippen LogP contribution is 2.17. The molecule has 0 bridgehead atoms. The molecule has 0 amide bonds. The summed E-state index contributed by atoms with van der Waals surface area (Å²) in [4.78, 5) is 12.8. The average Bonchev–Trinajstić information content (AvgIpc) is 3.14. The van der Waals surface area contributed by atoms with Gasteiger partial charge in [-0.05, 0) is 61.4 Å². The number of thiocarbonyl (C=S) groups is 1. The number of nitro benzene ring substituents is 1. The molecule has 6 nitrogen and oxygen atoms in total. The molecule has 0 saturated carbocycles. The zero-order valence-electron chi connectivity index (χ0n) is 14.5. The van der Waals surface area contributed by atoms with E-state index in [9.17, 15) is 10.1 Å². The largest absolute Gasteiger partial charge is 0.358 e. The van der Waals surface area contributed by atoms with Crippen LogP contribution in [0, 0.1) is 10.1 Å². The highest BCUT2D eigenvalue weighted by molar-refractivity contribution is 7.80. The van der Waals surface area contributed by atoms with Crippen molar-refractivity contribution >= 4 is 28.7 Å². The van der Waals surface area contributed by atoms with Gasteiger partial charge < -0.3 is 10.6 Å². The molecule has 7 heteroatoms. The van der Waals surface area contributed by atoms with Crippen molar-refractivity contribution < 1.29 is 4.92 Å². The molecule has 0 aliphatic carbocycles. The van der Waals surface area contributed by atoms with Crippen LogP contribution in [0.2, 0.25) is 0 Å². The molecule has 1 aliphatic rings. The molecule has 1 fully saturated rings. The number of hydrogen-bond donors (Lipinski definition) is 2. The number of nitro groups is 1. The van der Waals surface area contributed by atoms with E-state index in [2.05, 4.69) is 33.7 Å². The summed E-state index contributed by atoms with van der Waals surface area (Å²) >= 11 is 5.34. The van der Waals surface area contributed by atoms with Gasteiger partial charge in [0.05, 0.1) is 4.92 Å². The maximum atomic E-state index is 10.7. The Morgan fingerprint density at radius 1 is 1.08 bits per heavy atom. The van der Waals surface area contributed by atoms with Crippen LogP contribution in [0.4, 0.5) is 11.4 Å². The summed E-state index contributed by atoms with van der Waals surface area (Å²) < 4.78 is 0. The molecule has 0 radical (unpaired) electrons. The fraction of sp³-hybridized carbons (Fsp3) is 0.316. The van der Waals surface area contributed by atoms with Crippen LogP contribution < -0.4 is 10.6 Å². The first-order valence-electron chi connectivity index (χ1n) is 8.70. The zero-order valence-corrected chi connectivity index (χ0v) is 15.3.